The molecule has 0 spiro atoms. The van der Waals surface area contributed by atoms with E-state index in [0.29, 0.717) is 12.4 Å². The zero-order valence-corrected chi connectivity index (χ0v) is 10.8. The van der Waals surface area contributed by atoms with Gasteiger partial charge in [-0.15, -0.1) is 0 Å². The third-order valence-corrected chi connectivity index (χ3v) is 2.99. The van der Waals surface area contributed by atoms with E-state index in [1.807, 2.05) is 42.5 Å². The molecule has 0 aliphatic rings. The van der Waals surface area contributed by atoms with Crippen molar-refractivity contribution >= 4 is 0 Å². The third kappa shape index (κ3) is 3.81. The van der Waals surface area contributed by atoms with Crippen molar-refractivity contribution < 1.29 is 9.84 Å². The van der Waals surface area contributed by atoms with Crippen LogP contribution in [0.5, 0.6) is 5.75 Å². The van der Waals surface area contributed by atoms with E-state index in [2.05, 4.69) is 12.1 Å². The van der Waals surface area contributed by atoms with Crippen molar-refractivity contribution in [3.63, 3.8) is 0 Å². The van der Waals surface area contributed by atoms with Crippen LogP contribution in [0.1, 0.15) is 17.2 Å². The number of aliphatic hydroxyl groups is 1. The first-order chi connectivity index (χ1) is 9.31. The normalized spacial score (nSPS) is 12.1. The molecule has 1 unspecified atom stereocenters. The summed E-state index contributed by atoms with van der Waals surface area (Å²) in [6.07, 6.45) is 0.168. The molecule has 0 aliphatic heterocycles. The fourth-order valence-corrected chi connectivity index (χ4v) is 1.94. The third-order valence-electron chi connectivity index (χ3n) is 2.99. The molecule has 1 atom stereocenters. The average molecular weight is 257 g/mol. The van der Waals surface area contributed by atoms with Crippen molar-refractivity contribution in [2.24, 2.45) is 5.73 Å². The van der Waals surface area contributed by atoms with E-state index >= 15 is 0 Å². The van der Waals surface area contributed by atoms with Crippen LogP contribution in [0.4, 0.5) is 0 Å². The molecule has 3 N–H and O–H groups in total. The second-order valence-electron chi connectivity index (χ2n) is 4.37. The van der Waals surface area contributed by atoms with E-state index in [4.69, 9.17) is 10.5 Å². The Morgan fingerprint density at radius 2 is 1.68 bits per heavy atom. The Labute approximate surface area is 113 Å². The van der Waals surface area contributed by atoms with E-state index in [0.717, 1.165) is 12.0 Å². The molecule has 0 aliphatic carbocycles. The molecule has 0 saturated heterocycles. The molecule has 0 saturated carbocycles. The minimum absolute atomic E-state index is 0.194. The summed E-state index contributed by atoms with van der Waals surface area (Å²) in [5.74, 6) is 0.705. The van der Waals surface area contributed by atoms with Crippen LogP contribution in [0, 0.1) is 0 Å². The SMILES string of the molecule is NCC(O)c1ccccc1OCCc1ccccc1. The Balaban J connectivity index is 1.96. The summed E-state index contributed by atoms with van der Waals surface area (Å²) in [7, 11) is 0. The lowest BCUT2D eigenvalue weighted by Gasteiger charge is -2.14. The standard InChI is InChI=1S/C16H19NO2/c17-12-15(18)14-8-4-5-9-16(14)19-11-10-13-6-2-1-3-7-13/h1-9,15,18H,10-12,17H2. The van der Waals surface area contributed by atoms with Crippen LogP contribution >= 0.6 is 0 Å². The maximum absolute atomic E-state index is 9.82. The smallest absolute Gasteiger partial charge is 0.125 e. The maximum atomic E-state index is 9.82. The number of hydrogen-bond acceptors (Lipinski definition) is 3. The molecule has 0 fully saturated rings. The molecule has 0 amide bonds. The molecule has 2 aromatic rings. The van der Waals surface area contributed by atoms with Crippen LogP contribution in [0.2, 0.25) is 0 Å². The molecule has 0 heterocycles. The number of benzene rings is 2. The fourth-order valence-electron chi connectivity index (χ4n) is 1.94. The van der Waals surface area contributed by atoms with E-state index in [1.54, 1.807) is 0 Å². The van der Waals surface area contributed by atoms with Crippen molar-refractivity contribution in [3.8, 4) is 5.75 Å². The van der Waals surface area contributed by atoms with E-state index in [9.17, 15) is 5.11 Å². The van der Waals surface area contributed by atoms with Gasteiger partial charge in [0.25, 0.3) is 0 Å². The van der Waals surface area contributed by atoms with Gasteiger partial charge in [-0.25, -0.2) is 0 Å². The van der Waals surface area contributed by atoms with Crippen LogP contribution < -0.4 is 10.5 Å². The van der Waals surface area contributed by atoms with Gasteiger partial charge < -0.3 is 15.6 Å². The van der Waals surface area contributed by atoms with Crippen LogP contribution in [0.15, 0.2) is 54.6 Å². The largest absolute Gasteiger partial charge is 0.493 e. The Hall–Kier alpha value is -1.84. The monoisotopic (exact) mass is 257 g/mol. The second-order valence-corrected chi connectivity index (χ2v) is 4.37. The summed E-state index contributed by atoms with van der Waals surface area (Å²) >= 11 is 0. The molecule has 2 rings (SSSR count). The highest BCUT2D eigenvalue weighted by molar-refractivity contribution is 5.35. The lowest BCUT2D eigenvalue weighted by molar-refractivity contribution is 0.179. The molecule has 19 heavy (non-hydrogen) atoms. The van der Waals surface area contributed by atoms with Gasteiger partial charge in [-0.2, -0.15) is 0 Å². The molecule has 100 valence electrons. The summed E-state index contributed by atoms with van der Waals surface area (Å²) in [6.45, 7) is 0.775. The summed E-state index contributed by atoms with van der Waals surface area (Å²) in [4.78, 5) is 0. The van der Waals surface area contributed by atoms with Crippen LogP contribution in [0.3, 0.4) is 0 Å². The molecule has 2 aromatic carbocycles. The first kappa shape index (κ1) is 13.6. The van der Waals surface area contributed by atoms with Gasteiger partial charge in [0.15, 0.2) is 0 Å². The lowest BCUT2D eigenvalue weighted by Crippen LogP contribution is -2.13. The Morgan fingerprint density at radius 1 is 1.00 bits per heavy atom. The van der Waals surface area contributed by atoms with E-state index in [-0.39, 0.29) is 6.54 Å². The predicted molar refractivity (Wildman–Crippen MR) is 76.1 cm³/mol. The Bertz CT molecular complexity index is 499. The highest BCUT2D eigenvalue weighted by Gasteiger charge is 2.10. The molecule has 0 aromatic heterocycles. The van der Waals surface area contributed by atoms with Crippen LogP contribution in [-0.2, 0) is 6.42 Å². The Kier molecular flexibility index (Phi) is 4.95. The molecule has 3 nitrogen and oxygen atoms in total. The Morgan fingerprint density at radius 3 is 2.42 bits per heavy atom. The zero-order valence-electron chi connectivity index (χ0n) is 10.8. The van der Waals surface area contributed by atoms with Gasteiger partial charge in [-0.3, -0.25) is 0 Å². The van der Waals surface area contributed by atoms with Crippen molar-refractivity contribution in [2.75, 3.05) is 13.2 Å². The number of hydrogen-bond donors (Lipinski definition) is 2. The van der Waals surface area contributed by atoms with Crippen molar-refractivity contribution in [1.29, 1.82) is 0 Å². The topological polar surface area (TPSA) is 55.5 Å². The average Bonchev–Trinajstić information content (AvgIpc) is 2.48. The first-order valence-electron chi connectivity index (χ1n) is 6.45. The highest BCUT2D eigenvalue weighted by Crippen LogP contribution is 2.24. The molecular weight excluding hydrogens is 238 g/mol. The van der Waals surface area contributed by atoms with Gasteiger partial charge in [0.2, 0.25) is 0 Å². The van der Waals surface area contributed by atoms with E-state index < -0.39 is 6.10 Å². The van der Waals surface area contributed by atoms with Gasteiger partial charge in [-0.05, 0) is 11.6 Å². The number of nitrogens with two attached hydrogens (primary N) is 1. The predicted octanol–water partition coefficient (Wildman–Crippen LogP) is 2.30. The second kappa shape index (κ2) is 6.92. The van der Waals surface area contributed by atoms with Gasteiger partial charge in [0, 0.05) is 18.5 Å². The van der Waals surface area contributed by atoms with E-state index in [1.165, 1.54) is 5.56 Å². The first-order valence-corrected chi connectivity index (χ1v) is 6.45. The van der Waals surface area contributed by atoms with Gasteiger partial charge >= 0.3 is 0 Å². The molecule has 0 bridgehead atoms. The minimum Gasteiger partial charge on any atom is -0.493 e. The number of rotatable bonds is 6. The van der Waals surface area contributed by atoms with Gasteiger partial charge in [-0.1, -0.05) is 48.5 Å². The highest BCUT2D eigenvalue weighted by atomic mass is 16.5. The number of ether oxygens (including phenoxy) is 1. The number of aliphatic hydroxyl groups excluding tert-OH is 1. The summed E-state index contributed by atoms with van der Waals surface area (Å²) in [5.41, 5.74) is 7.47. The summed E-state index contributed by atoms with van der Waals surface area (Å²) in [6, 6.07) is 17.6. The van der Waals surface area contributed by atoms with Crippen molar-refractivity contribution in [1.82, 2.24) is 0 Å². The van der Waals surface area contributed by atoms with Crippen LogP contribution in [0.25, 0.3) is 0 Å². The van der Waals surface area contributed by atoms with Crippen molar-refractivity contribution in [3.05, 3.63) is 65.7 Å². The molecular formula is C16H19NO2. The van der Waals surface area contributed by atoms with Gasteiger partial charge in [0.1, 0.15) is 5.75 Å². The van der Waals surface area contributed by atoms with Crippen LogP contribution in [-0.4, -0.2) is 18.3 Å². The molecule has 3 heteroatoms. The molecule has 0 radical (unpaired) electrons. The lowest BCUT2D eigenvalue weighted by atomic mass is 10.1. The maximum Gasteiger partial charge on any atom is 0.125 e. The minimum atomic E-state index is -0.673. The van der Waals surface area contributed by atoms with Crippen molar-refractivity contribution in [2.45, 2.75) is 12.5 Å². The zero-order chi connectivity index (χ0) is 13.5. The fraction of sp³-hybridized carbons (Fsp3) is 0.250. The summed E-state index contributed by atoms with van der Waals surface area (Å²) < 4.78 is 5.75. The quantitative estimate of drug-likeness (QED) is 0.835. The number of para-hydroxylation sites is 1. The summed E-state index contributed by atoms with van der Waals surface area (Å²) in [5, 5.41) is 9.82. The van der Waals surface area contributed by atoms with Gasteiger partial charge in [0.05, 0.1) is 12.7 Å².